The fraction of sp³-hybridized carbons (Fsp3) is 0.250. The molecule has 0 bridgehead atoms. The van der Waals surface area contributed by atoms with E-state index in [9.17, 15) is 14.0 Å². The molecule has 8 heteroatoms. The fourth-order valence-electron chi connectivity index (χ4n) is 2.71. The van der Waals surface area contributed by atoms with Gasteiger partial charge in [0.15, 0.2) is 5.12 Å². The number of aromatic nitrogens is 2. The van der Waals surface area contributed by atoms with Gasteiger partial charge in [-0.25, -0.2) is 4.39 Å². The molecule has 0 spiro atoms. The maximum absolute atomic E-state index is 13.6. The highest BCUT2D eigenvalue weighted by molar-refractivity contribution is 8.12. The molecule has 0 atom stereocenters. The summed E-state index contributed by atoms with van der Waals surface area (Å²) in [6, 6.07) is 10.0. The third-order valence-corrected chi connectivity index (χ3v) is 5.80. The minimum Gasteiger partial charge on any atom is -0.426 e. The lowest BCUT2D eigenvalue weighted by Gasteiger charge is -2.10. The second-order valence-electron chi connectivity index (χ2n) is 6.20. The van der Waals surface area contributed by atoms with Gasteiger partial charge in [-0.15, -0.1) is 11.8 Å². The highest BCUT2D eigenvalue weighted by atomic mass is 32.2. The molecule has 0 fully saturated rings. The number of benzene rings is 2. The quantitative estimate of drug-likeness (QED) is 0.328. The van der Waals surface area contributed by atoms with Crippen LogP contribution in [0.4, 0.5) is 4.39 Å². The number of esters is 1. The summed E-state index contributed by atoms with van der Waals surface area (Å²) in [5, 5.41) is 5.84. The predicted octanol–water partition coefficient (Wildman–Crippen LogP) is 4.71. The lowest BCUT2D eigenvalue weighted by Crippen LogP contribution is -2.02. The SMILES string of the molecule is CC(=O)Oc1cc(SCc2cc(CSC(C)=O)nn2C)cc2cc(F)ccc12. The van der Waals surface area contributed by atoms with Crippen molar-refractivity contribution in [1.29, 1.82) is 0 Å². The Labute approximate surface area is 170 Å². The first-order chi connectivity index (χ1) is 13.3. The van der Waals surface area contributed by atoms with E-state index >= 15 is 0 Å². The number of carbonyl (C=O) groups excluding carboxylic acids is 2. The molecule has 1 aromatic heterocycles. The van der Waals surface area contributed by atoms with Crippen molar-refractivity contribution in [2.75, 3.05) is 0 Å². The maximum atomic E-state index is 13.6. The van der Waals surface area contributed by atoms with Crippen LogP contribution >= 0.6 is 23.5 Å². The zero-order valence-corrected chi connectivity index (χ0v) is 17.3. The van der Waals surface area contributed by atoms with E-state index in [4.69, 9.17) is 4.74 Å². The number of ether oxygens (including phenoxy) is 1. The van der Waals surface area contributed by atoms with Crippen molar-refractivity contribution in [3.8, 4) is 5.75 Å². The van der Waals surface area contributed by atoms with Crippen LogP contribution in [-0.4, -0.2) is 20.9 Å². The molecule has 0 aliphatic carbocycles. The van der Waals surface area contributed by atoms with Gasteiger partial charge in [0.2, 0.25) is 0 Å². The fourth-order valence-corrected chi connectivity index (χ4v) is 4.19. The minimum atomic E-state index is -0.424. The molecule has 5 nitrogen and oxygen atoms in total. The summed E-state index contributed by atoms with van der Waals surface area (Å²) < 4.78 is 20.8. The van der Waals surface area contributed by atoms with Crippen molar-refractivity contribution in [3.63, 3.8) is 0 Å². The van der Waals surface area contributed by atoms with Gasteiger partial charge < -0.3 is 4.74 Å². The summed E-state index contributed by atoms with van der Waals surface area (Å²) in [7, 11) is 1.86. The zero-order chi connectivity index (χ0) is 20.3. The van der Waals surface area contributed by atoms with Gasteiger partial charge in [0, 0.05) is 48.4 Å². The van der Waals surface area contributed by atoms with Gasteiger partial charge in [0.1, 0.15) is 11.6 Å². The van der Waals surface area contributed by atoms with Gasteiger partial charge in [-0.2, -0.15) is 5.10 Å². The normalized spacial score (nSPS) is 11.0. The number of halogens is 1. The Balaban J connectivity index is 1.82. The maximum Gasteiger partial charge on any atom is 0.308 e. The molecule has 0 saturated carbocycles. The van der Waals surface area contributed by atoms with Crippen LogP contribution in [0.15, 0.2) is 41.3 Å². The highest BCUT2D eigenvalue weighted by Gasteiger charge is 2.11. The first-order valence-electron chi connectivity index (χ1n) is 8.51. The Morgan fingerprint density at radius 1 is 1.14 bits per heavy atom. The van der Waals surface area contributed by atoms with E-state index in [1.54, 1.807) is 16.8 Å². The van der Waals surface area contributed by atoms with Crippen LogP contribution < -0.4 is 4.74 Å². The smallest absolute Gasteiger partial charge is 0.308 e. The third kappa shape index (κ3) is 5.14. The van der Waals surface area contributed by atoms with Crippen LogP contribution in [0.5, 0.6) is 5.75 Å². The van der Waals surface area contributed by atoms with Crippen LogP contribution in [0, 0.1) is 5.82 Å². The summed E-state index contributed by atoms with van der Waals surface area (Å²) in [4.78, 5) is 23.4. The average Bonchev–Trinajstić information content (AvgIpc) is 2.97. The molecule has 0 saturated heterocycles. The molecule has 1 heterocycles. The van der Waals surface area contributed by atoms with E-state index in [1.165, 1.54) is 49.5 Å². The Morgan fingerprint density at radius 3 is 2.64 bits per heavy atom. The molecule has 0 radical (unpaired) electrons. The van der Waals surface area contributed by atoms with Crippen LogP contribution in [0.25, 0.3) is 10.8 Å². The number of hydrogen-bond donors (Lipinski definition) is 0. The molecule has 146 valence electrons. The molecule has 0 aliphatic heterocycles. The van der Waals surface area contributed by atoms with Gasteiger partial charge in [-0.3, -0.25) is 14.3 Å². The highest BCUT2D eigenvalue weighted by Crippen LogP contribution is 2.34. The standard InChI is InChI=1S/C20H19FN2O3S2/c1-12(24)26-20-9-18(7-14-6-15(21)4-5-19(14)20)28-11-17-8-16(22-23(17)3)10-27-13(2)25/h4-9H,10-11H2,1-3H3. The Kier molecular flexibility index (Phi) is 6.41. The lowest BCUT2D eigenvalue weighted by molar-refractivity contribution is -0.131. The van der Waals surface area contributed by atoms with Crippen LogP contribution in [-0.2, 0) is 28.1 Å². The van der Waals surface area contributed by atoms with E-state index in [2.05, 4.69) is 5.10 Å². The molecule has 0 unspecified atom stereocenters. The molecular weight excluding hydrogens is 399 g/mol. The summed E-state index contributed by atoms with van der Waals surface area (Å²) >= 11 is 2.76. The van der Waals surface area contributed by atoms with Crippen molar-refractivity contribution in [2.24, 2.45) is 7.05 Å². The molecule has 0 N–H and O–H groups in total. The number of carbonyl (C=O) groups is 2. The van der Waals surface area contributed by atoms with E-state index in [-0.39, 0.29) is 10.9 Å². The van der Waals surface area contributed by atoms with E-state index in [0.29, 0.717) is 28.0 Å². The second kappa shape index (κ2) is 8.79. The third-order valence-electron chi connectivity index (χ3n) is 3.94. The monoisotopic (exact) mass is 418 g/mol. The first kappa shape index (κ1) is 20.4. The molecule has 0 amide bonds. The number of aryl methyl sites for hydroxylation is 1. The second-order valence-corrected chi connectivity index (χ2v) is 8.40. The Bertz CT molecular complexity index is 1050. The molecule has 3 aromatic rings. The number of rotatable bonds is 6. The number of thioether (sulfide) groups is 2. The average molecular weight is 419 g/mol. The van der Waals surface area contributed by atoms with E-state index in [0.717, 1.165) is 16.3 Å². The van der Waals surface area contributed by atoms with Gasteiger partial charge >= 0.3 is 5.97 Å². The zero-order valence-electron chi connectivity index (χ0n) is 15.7. The topological polar surface area (TPSA) is 61.2 Å². The molecular formula is C20H19FN2O3S2. The summed E-state index contributed by atoms with van der Waals surface area (Å²) in [6.07, 6.45) is 0. The number of nitrogens with zero attached hydrogens (tertiary/aromatic N) is 2. The lowest BCUT2D eigenvalue weighted by atomic mass is 10.1. The van der Waals surface area contributed by atoms with Crippen molar-refractivity contribution in [3.05, 3.63) is 53.6 Å². The van der Waals surface area contributed by atoms with Gasteiger partial charge in [-0.05, 0) is 41.8 Å². The first-order valence-corrected chi connectivity index (χ1v) is 10.5. The van der Waals surface area contributed by atoms with Crippen molar-refractivity contribution in [2.45, 2.75) is 30.2 Å². The summed E-state index contributed by atoms with van der Waals surface area (Å²) in [5.74, 6) is 0.819. The van der Waals surface area contributed by atoms with Crippen LogP contribution in [0.1, 0.15) is 25.2 Å². The summed E-state index contributed by atoms with van der Waals surface area (Å²) in [6.45, 7) is 2.87. The van der Waals surface area contributed by atoms with Gasteiger partial charge in [0.25, 0.3) is 0 Å². The number of fused-ring (bicyclic) bond motifs is 1. The minimum absolute atomic E-state index is 0.0583. The van der Waals surface area contributed by atoms with Gasteiger partial charge in [-0.1, -0.05) is 11.8 Å². The molecule has 2 aromatic carbocycles. The van der Waals surface area contributed by atoms with Crippen LogP contribution in [0.2, 0.25) is 0 Å². The molecule has 0 aliphatic rings. The Morgan fingerprint density at radius 2 is 1.93 bits per heavy atom. The molecule has 3 rings (SSSR count). The van der Waals surface area contributed by atoms with E-state index in [1.807, 2.05) is 19.2 Å². The Hall–Kier alpha value is -2.32. The van der Waals surface area contributed by atoms with E-state index < -0.39 is 5.97 Å². The van der Waals surface area contributed by atoms with Crippen molar-refractivity contribution >= 4 is 45.4 Å². The van der Waals surface area contributed by atoms with Crippen LogP contribution in [0.3, 0.4) is 0 Å². The number of hydrogen-bond acceptors (Lipinski definition) is 6. The van der Waals surface area contributed by atoms with Gasteiger partial charge in [0.05, 0.1) is 5.69 Å². The summed E-state index contributed by atoms with van der Waals surface area (Å²) in [5.41, 5.74) is 1.84. The van der Waals surface area contributed by atoms with Crippen molar-refractivity contribution in [1.82, 2.24) is 9.78 Å². The van der Waals surface area contributed by atoms with Crippen molar-refractivity contribution < 1.29 is 18.7 Å². The largest absolute Gasteiger partial charge is 0.426 e. The predicted molar refractivity (Wildman–Crippen MR) is 110 cm³/mol. The molecule has 28 heavy (non-hydrogen) atoms.